The normalized spacial score (nSPS) is 20.7. The maximum absolute atomic E-state index is 5.27. The van der Waals surface area contributed by atoms with Crippen LogP contribution in [0.1, 0.15) is 51.9 Å². The van der Waals surface area contributed by atoms with Crippen LogP contribution in [-0.2, 0) is 9.47 Å². The zero-order valence-corrected chi connectivity index (χ0v) is 18.0. The fourth-order valence-corrected chi connectivity index (χ4v) is 3.35. The monoisotopic (exact) mass is 453 g/mol. The summed E-state index contributed by atoms with van der Waals surface area (Å²) >= 11 is 0. The SMILES string of the molecule is CCNC(=NCC1(CCOC)CCC1)NCC1(CCOC)CC1.I. The molecule has 24 heavy (non-hydrogen) atoms. The first-order chi connectivity index (χ1) is 11.2. The summed E-state index contributed by atoms with van der Waals surface area (Å²) in [6.07, 6.45) is 8.80. The van der Waals surface area contributed by atoms with Crippen molar-refractivity contribution in [2.24, 2.45) is 15.8 Å². The van der Waals surface area contributed by atoms with E-state index < -0.39 is 0 Å². The summed E-state index contributed by atoms with van der Waals surface area (Å²) in [5.74, 6) is 0.972. The van der Waals surface area contributed by atoms with Gasteiger partial charge in [-0.05, 0) is 56.3 Å². The molecule has 2 aliphatic carbocycles. The lowest BCUT2D eigenvalue weighted by Gasteiger charge is -2.40. The average molecular weight is 453 g/mol. The van der Waals surface area contributed by atoms with Crippen LogP contribution in [-0.4, -0.2) is 53.0 Å². The Balaban J connectivity index is 0.00000288. The van der Waals surface area contributed by atoms with Crippen molar-refractivity contribution in [3.05, 3.63) is 0 Å². The average Bonchev–Trinajstić information content (AvgIpc) is 3.29. The van der Waals surface area contributed by atoms with Crippen LogP contribution in [0.5, 0.6) is 0 Å². The zero-order chi connectivity index (χ0) is 16.6. The van der Waals surface area contributed by atoms with Gasteiger partial charge in [0.1, 0.15) is 0 Å². The summed E-state index contributed by atoms with van der Waals surface area (Å²) in [5, 5.41) is 6.95. The molecule has 2 N–H and O–H groups in total. The molecule has 0 aromatic carbocycles. The molecule has 142 valence electrons. The second-order valence-electron chi connectivity index (χ2n) is 7.39. The first-order valence-corrected chi connectivity index (χ1v) is 9.18. The topological polar surface area (TPSA) is 54.9 Å². The number of aliphatic imine (C=N–C) groups is 1. The molecule has 2 fully saturated rings. The number of hydrogen-bond donors (Lipinski definition) is 2. The summed E-state index contributed by atoms with van der Waals surface area (Å²) in [5.41, 5.74) is 0.822. The molecule has 0 spiro atoms. The minimum atomic E-state index is 0. The van der Waals surface area contributed by atoms with Gasteiger partial charge in [0.2, 0.25) is 0 Å². The molecule has 2 saturated carbocycles. The molecule has 2 rings (SSSR count). The standard InChI is InChI=1S/C18H35N3O2.HI/c1-4-19-16(21-15-18(8-9-18)11-13-23-3)20-14-17(6-5-7-17)10-12-22-2;/h4-15H2,1-3H3,(H2,19,20,21);1H. The molecular formula is C18H36IN3O2. The van der Waals surface area contributed by atoms with Gasteiger partial charge in [-0.1, -0.05) is 6.42 Å². The number of halogens is 1. The summed E-state index contributed by atoms with van der Waals surface area (Å²) in [7, 11) is 3.57. The summed E-state index contributed by atoms with van der Waals surface area (Å²) in [6, 6.07) is 0. The zero-order valence-electron chi connectivity index (χ0n) is 15.7. The minimum Gasteiger partial charge on any atom is -0.385 e. The van der Waals surface area contributed by atoms with Crippen LogP contribution in [0.2, 0.25) is 0 Å². The lowest BCUT2D eigenvalue weighted by Crippen LogP contribution is -2.42. The molecule has 0 aliphatic heterocycles. The van der Waals surface area contributed by atoms with Crippen LogP contribution in [0.3, 0.4) is 0 Å². The molecule has 0 heterocycles. The van der Waals surface area contributed by atoms with Gasteiger partial charge in [-0.15, -0.1) is 24.0 Å². The Kier molecular flexibility index (Phi) is 9.89. The van der Waals surface area contributed by atoms with Gasteiger partial charge >= 0.3 is 0 Å². The van der Waals surface area contributed by atoms with Gasteiger partial charge in [0.15, 0.2) is 5.96 Å². The van der Waals surface area contributed by atoms with Crippen molar-refractivity contribution in [1.29, 1.82) is 0 Å². The third kappa shape index (κ3) is 6.67. The van der Waals surface area contributed by atoms with E-state index in [2.05, 4.69) is 17.6 Å². The first-order valence-electron chi connectivity index (χ1n) is 9.18. The van der Waals surface area contributed by atoms with Crippen molar-refractivity contribution in [1.82, 2.24) is 10.6 Å². The Bertz CT molecular complexity index is 382. The molecule has 0 bridgehead atoms. The maximum atomic E-state index is 5.27. The van der Waals surface area contributed by atoms with Crippen LogP contribution < -0.4 is 10.6 Å². The van der Waals surface area contributed by atoms with Crippen molar-refractivity contribution in [3.63, 3.8) is 0 Å². The Morgan fingerprint density at radius 1 is 0.958 bits per heavy atom. The second kappa shape index (κ2) is 10.8. The fourth-order valence-electron chi connectivity index (χ4n) is 3.35. The molecule has 6 heteroatoms. The van der Waals surface area contributed by atoms with E-state index in [1.165, 1.54) is 32.1 Å². The van der Waals surface area contributed by atoms with Gasteiger partial charge in [0.05, 0.1) is 0 Å². The van der Waals surface area contributed by atoms with Crippen LogP contribution in [0.4, 0.5) is 0 Å². The van der Waals surface area contributed by atoms with Crippen molar-refractivity contribution < 1.29 is 9.47 Å². The van der Waals surface area contributed by atoms with Crippen LogP contribution in [0.25, 0.3) is 0 Å². The highest BCUT2D eigenvalue weighted by molar-refractivity contribution is 14.0. The molecule has 2 aliphatic rings. The highest BCUT2D eigenvalue weighted by Crippen LogP contribution is 2.48. The molecule has 5 nitrogen and oxygen atoms in total. The lowest BCUT2D eigenvalue weighted by molar-refractivity contribution is 0.0778. The number of guanidine groups is 1. The van der Waals surface area contributed by atoms with Gasteiger partial charge in [-0.3, -0.25) is 4.99 Å². The first kappa shape index (κ1) is 22.0. The summed E-state index contributed by atoms with van der Waals surface area (Å²) < 4.78 is 10.5. The second-order valence-corrected chi connectivity index (χ2v) is 7.39. The van der Waals surface area contributed by atoms with E-state index in [0.717, 1.165) is 51.6 Å². The van der Waals surface area contributed by atoms with Gasteiger partial charge < -0.3 is 20.1 Å². The largest absolute Gasteiger partial charge is 0.385 e. The Morgan fingerprint density at radius 2 is 1.58 bits per heavy atom. The number of nitrogens with zero attached hydrogens (tertiary/aromatic N) is 1. The Labute approximate surface area is 164 Å². The predicted molar refractivity (Wildman–Crippen MR) is 110 cm³/mol. The quantitative estimate of drug-likeness (QED) is 0.287. The van der Waals surface area contributed by atoms with Crippen LogP contribution in [0.15, 0.2) is 4.99 Å². The smallest absolute Gasteiger partial charge is 0.191 e. The predicted octanol–water partition coefficient (Wildman–Crippen LogP) is 3.18. The van der Waals surface area contributed by atoms with Crippen LogP contribution in [0, 0.1) is 10.8 Å². The fraction of sp³-hybridized carbons (Fsp3) is 0.944. The molecule has 0 unspecified atom stereocenters. The van der Waals surface area contributed by atoms with E-state index in [4.69, 9.17) is 14.5 Å². The molecule has 0 aromatic rings. The molecule has 0 atom stereocenters. The third-order valence-corrected chi connectivity index (χ3v) is 5.59. The van der Waals surface area contributed by atoms with E-state index >= 15 is 0 Å². The van der Waals surface area contributed by atoms with E-state index in [9.17, 15) is 0 Å². The van der Waals surface area contributed by atoms with E-state index in [1.807, 2.05) is 0 Å². The molecule has 0 aromatic heterocycles. The lowest BCUT2D eigenvalue weighted by atomic mass is 9.67. The highest BCUT2D eigenvalue weighted by atomic mass is 127. The summed E-state index contributed by atoms with van der Waals surface area (Å²) in [6.45, 7) is 6.65. The number of rotatable bonds is 11. The van der Waals surface area contributed by atoms with Gasteiger partial charge in [-0.2, -0.15) is 0 Å². The molecule has 0 amide bonds. The minimum absolute atomic E-state index is 0. The third-order valence-electron chi connectivity index (χ3n) is 5.59. The summed E-state index contributed by atoms with van der Waals surface area (Å²) in [4.78, 5) is 4.88. The van der Waals surface area contributed by atoms with Gasteiger partial charge in [0, 0.05) is 47.1 Å². The Morgan fingerprint density at radius 3 is 2.04 bits per heavy atom. The van der Waals surface area contributed by atoms with Gasteiger partial charge in [-0.25, -0.2) is 0 Å². The van der Waals surface area contributed by atoms with Crippen molar-refractivity contribution in [2.45, 2.75) is 51.9 Å². The maximum Gasteiger partial charge on any atom is 0.191 e. The van der Waals surface area contributed by atoms with Crippen LogP contribution >= 0.6 is 24.0 Å². The van der Waals surface area contributed by atoms with E-state index in [0.29, 0.717) is 10.8 Å². The van der Waals surface area contributed by atoms with Crippen molar-refractivity contribution >= 4 is 29.9 Å². The number of hydrogen-bond acceptors (Lipinski definition) is 3. The number of methoxy groups -OCH3 is 2. The van der Waals surface area contributed by atoms with Gasteiger partial charge in [0.25, 0.3) is 0 Å². The van der Waals surface area contributed by atoms with Crippen molar-refractivity contribution in [2.75, 3.05) is 47.1 Å². The number of ether oxygens (including phenoxy) is 2. The molecule has 0 saturated heterocycles. The Hall–Kier alpha value is -0.0800. The molecule has 0 radical (unpaired) electrons. The van der Waals surface area contributed by atoms with E-state index in [1.54, 1.807) is 14.2 Å². The van der Waals surface area contributed by atoms with E-state index in [-0.39, 0.29) is 24.0 Å². The molecular weight excluding hydrogens is 417 g/mol. The highest BCUT2D eigenvalue weighted by Gasteiger charge is 2.42. The van der Waals surface area contributed by atoms with Crippen molar-refractivity contribution in [3.8, 4) is 0 Å². The number of nitrogens with one attached hydrogen (secondary N) is 2.